The molecule has 2 N–H and O–H groups in total. The quantitative estimate of drug-likeness (QED) is 0.541. The Morgan fingerprint density at radius 3 is 2.24 bits per heavy atom. The van der Waals surface area contributed by atoms with E-state index in [0.717, 1.165) is 17.3 Å². The van der Waals surface area contributed by atoms with Crippen LogP contribution in [0.1, 0.15) is 27.5 Å². The van der Waals surface area contributed by atoms with Gasteiger partial charge in [-0.1, -0.05) is 30.3 Å². The maximum atomic E-state index is 12.4. The van der Waals surface area contributed by atoms with Gasteiger partial charge >= 0.3 is 11.9 Å². The SMILES string of the molecule is CS(=O)(=O)N1CCN([C@H](C(=O)O)c2cn(Cc3ccccc3)c3ccc(C(=O)O)cc23)CC1. The summed E-state index contributed by atoms with van der Waals surface area (Å²) in [4.78, 5) is 25.7. The zero-order chi connectivity index (χ0) is 23.8. The molecule has 1 atom stereocenters. The van der Waals surface area contributed by atoms with Gasteiger partial charge in [0.15, 0.2) is 0 Å². The van der Waals surface area contributed by atoms with Gasteiger partial charge in [0, 0.05) is 55.4 Å². The summed E-state index contributed by atoms with van der Waals surface area (Å²) in [5, 5.41) is 20.2. The summed E-state index contributed by atoms with van der Waals surface area (Å²) in [6.45, 7) is 1.41. The minimum Gasteiger partial charge on any atom is -0.480 e. The summed E-state index contributed by atoms with van der Waals surface area (Å²) in [6.07, 6.45) is 2.91. The van der Waals surface area contributed by atoms with Crippen LogP contribution in [0.15, 0.2) is 54.7 Å². The van der Waals surface area contributed by atoms with Crippen molar-refractivity contribution in [2.24, 2.45) is 0 Å². The van der Waals surface area contributed by atoms with Gasteiger partial charge in [0.2, 0.25) is 10.0 Å². The third-order valence-corrected chi connectivity index (χ3v) is 7.29. The zero-order valence-electron chi connectivity index (χ0n) is 18.1. The average Bonchev–Trinajstić information content (AvgIpc) is 3.11. The van der Waals surface area contributed by atoms with Gasteiger partial charge in [0.25, 0.3) is 0 Å². The van der Waals surface area contributed by atoms with Gasteiger partial charge in [-0.3, -0.25) is 9.69 Å². The number of aromatic nitrogens is 1. The molecule has 1 fully saturated rings. The number of carboxylic acid groups (broad SMARTS) is 2. The van der Waals surface area contributed by atoms with Crippen molar-refractivity contribution in [3.8, 4) is 0 Å². The lowest BCUT2D eigenvalue weighted by atomic mass is 10.0. The van der Waals surface area contributed by atoms with E-state index in [1.54, 1.807) is 17.2 Å². The van der Waals surface area contributed by atoms with Crippen LogP contribution in [-0.4, -0.2) is 76.8 Å². The third-order valence-electron chi connectivity index (χ3n) is 5.99. The van der Waals surface area contributed by atoms with Crippen molar-refractivity contribution in [1.29, 1.82) is 0 Å². The van der Waals surface area contributed by atoms with Crippen LogP contribution >= 0.6 is 0 Å². The van der Waals surface area contributed by atoms with Crippen molar-refractivity contribution in [2.45, 2.75) is 12.6 Å². The van der Waals surface area contributed by atoms with E-state index in [0.29, 0.717) is 17.5 Å². The first-order valence-corrected chi connectivity index (χ1v) is 12.3. The topological polar surface area (TPSA) is 120 Å². The van der Waals surface area contributed by atoms with Crippen LogP contribution in [0.2, 0.25) is 0 Å². The molecular weight excluding hydrogens is 446 g/mol. The predicted molar refractivity (Wildman–Crippen MR) is 123 cm³/mol. The molecule has 0 bridgehead atoms. The minimum atomic E-state index is -3.35. The summed E-state index contributed by atoms with van der Waals surface area (Å²) in [6, 6.07) is 13.4. The van der Waals surface area contributed by atoms with Crippen LogP contribution in [0.25, 0.3) is 10.9 Å². The van der Waals surface area contributed by atoms with Crippen LogP contribution in [0, 0.1) is 0 Å². The van der Waals surface area contributed by atoms with Crippen LogP contribution in [-0.2, 0) is 21.4 Å². The Kier molecular flexibility index (Phi) is 6.24. The Labute approximate surface area is 191 Å². The molecule has 0 aliphatic carbocycles. The standard InChI is InChI=1S/C23H25N3O6S/c1-33(31,32)26-11-9-24(10-12-26)21(23(29)30)19-15-25(14-16-5-3-2-4-6-16)20-8-7-17(22(27)28)13-18(19)20/h2-8,13,15,21H,9-12,14H2,1H3,(H,27,28)(H,29,30)/t21-/m0/s1. The number of fused-ring (bicyclic) bond motifs is 1. The maximum Gasteiger partial charge on any atom is 0.335 e. The van der Waals surface area contributed by atoms with Gasteiger partial charge < -0.3 is 14.8 Å². The fraction of sp³-hybridized carbons (Fsp3) is 0.304. The Bertz CT molecular complexity index is 1290. The van der Waals surface area contributed by atoms with E-state index < -0.39 is 28.0 Å². The average molecular weight is 472 g/mol. The van der Waals surface area contributed by atoms with E-state index in [-0.39, 0.29) is 31.7 Å². The fourth-order valence-electron chi connectivity index (χ4n) is 4.37. The highest BCUT2D eigenvalue weighted by Crippen LogP contribution is 2.33. The highest BCUT2D eigenvalue weighted by Gasteiger charge is 2.34. The number of carboxylic acids is 2. The molecular formula is C23H25N3O6S. The number of hydrogen-bond donors (Lipinski definition) is 2. The lowest BCUT2D eigenvalue weighted by Gasteiger charge is -2.36. The first-order valence-electron chi connectivity index (χ1n) is 10.5. The van der Waals surface area contributed by atoms with Gasteiger partial charge in [-0.2, -0.15) is 4.31 Å². The molecule has 0 amide bonds. The molecule has 1 aliphatic heterocycles. The summed E-state index contributed by atoms with van der Waals surface area (Å²) in [5.41, 5.74) is 2.33. The number of aliphatic carboxylic acids is 1. The maximum absolute atomic E-state index is 12.4. The van der Waals surface area contributed by atoms with E-state index in [1.165, 1.54) is 16.4 Å². The van der Waals surface area contributed by atoms with Gasteiger partial charge in [-0.15, -0.1) is 0 Å². The number of hydrogen-bond acceptors (Lipinski definition) is 5. The molecule has 2 aromatic carbocycles. The Balaban J connectivity index is 1.77. The molecule has 4 rings (SSSR count). The second-order valence-corrected chi connectivity index (χ2v) is 10.2. The Morgan fingerprint density at radius 1 is 1.00 bits per heavy atom. The number of sulfonamides is 1. The lowest BCUT2D eigenvalue weighted by molar-refractivity contribution is -0.144. The first-order chi connectivity index (χ1) is 15.6. The van der Waals surface area contributed by atoms with E-state index >= 15 is 0 Å². The molecule has 9 nitrogen and oxygen atoms in total. The van der Waals surface area contributed by atoms with Crippen LogP contribution in [0.3, 0.4) is 0 Å². The van der Waals surface area contributed by atoms with Crippen molar-refractivity contribution >= 4 is 32.9 Å². The van der Waals surface area contributed by atoms with Crippen LogP contribution < -0.4 is 0 Å². The molecule has 0 radical (unpaired) electrons. The summed E-state index contributed by atoms with van der Waals surface area (Å²) < 4.78 is 27.0. The number of piperazine rings is 1. The molecule has 1 aliphatic rings. The van der Waals surface area contributed by atoms with Gasteiger partial charge in [-0.05, 0) is 23.8 Å². The number of nitrogens with zero attached hydrogens (tertiary/aromatic N) is 3. The molecule has 10 heteroatoms. The molecule has 0 saturated carbocycles. The highest BCUT2D eigenvalue weighted by atomic mass is 32.2. The van der Waals surface area contributed by atoms with Crippen LogP contribution in [0.4, 0.5) is 0 Å². The number of aromatic carboxylic acids is 1. The van der Waals surface area contributed by atoms with Crippen molar-refractivity contribution in [1.82, 2.24) is 13.8 Å². The molecule has 0 unspecified atom stereocenters. The molecule has 3 aromatic rings. The van der Waals surface area contributed by atoms with E-state index in [2.05, 4.69) is 0 Å². The number of benzene rings is 2. The summed E-state index contributed by atoms with van der Waals surface area (Å²) in [5.74, 6) is -2.16. The Hall–Kier alpha value is -3.21. The molecule has 2 heterocycles. The van der Waals surface area contributed by atoms with Crippen LogP contribution in [0.5, 0.6) is 0 Å². The summed E-state index contributed by atoms with van der Waals surface area (Å²) in [7, 11) is -3.35. The molecule has 1 saturated heterocycles. The second-order valence-electron chi connectivity index (χ2n) is 8.17. The van der Waals surface area contributed by atoms with Gasteiger partial charge in [0.05, 0.1) is 11.8 Å². The second kappa shape index (κ2) is 8.97. The number of carbonyl (C=O) groups is 2. The minimum absolute atomic E-state index is 0.0762. The van der Waals surface area contributed by atoms with Crippen molar-refractivity contribution in [3.05, 3.63) is 71.4 Å². The zero-order valence-corrected chi connectivity index (χ0v) is 18.9. The van der Waals surface area contributed by atoms with Crippen molar-refractivity contribution in [2.75, 3.05) is 32.4 Å². The molecule has 33 heavy (non-hydrogen) atoms. The molecule has 174 valence electrons. The van der Waals surface area contributed by atoms with Crippen molar-refractivity contribution in [3.63, 3.8) is 0 Å². The van der Waals surface area contributed by atoms with Gasteiger partial charge in [-0.25, -0.2) is 13.2 Å². The first kappa shape index (κ1) is 23.0. The van der Waals surface area contributed by atoms with E-state index in [9.17, 15) is 28.2 Å². The third kappa shape index (κ3) is 4.77. The lowest BCUT2D eigenvalue weighted by Crippen LogP contribution is -2.50. The number of rotatable bonds is 7. The van der Waals surface area contributed by atoms with Gasteiger partial charge in [0.1, 0.15) is 6.04 Å². The molecule has 1 aromatic heterocycles. The van der Waals surface area contributed by atoms with E-state index in [4.69, 9.17) is 0 Å². The summed E-state index contributed by atoms with van der Waals surface area (Å²) >= 11 is 0. The largest absolute Gasteiger partial charge is 0.480 e. The monoisotopic (exact) mass is 471 g/mol. The Morgan fingerprint density at radius 2 is 1.67 bits per heavy atom. The van der Waals surface area contributed by atoms with Crippen molar-refractivity contribution < 1.29 is 28.2 Å². The van der Waals surface area contributed by atoms with E-state index in [1.807, 2.05) is 34.9 Å². The molecule has 0 spiro atoms. The smallest absolute Gasteiger partial charge is 0.335 e. The normalized spacial score (nSPS) is 16.6. The highest BCUT2D eigenvalue weighted by molar-refractivity contribution is 7.88. The predicted octanol–water partition coefficient (Wildman–Crippen LogP) is 2.09. The fourth-order valence-corrected chi connectivity index (χ4v) is 5.19.